The first-order valence-electron chi connectivity index (χ1n) is 7.83. The highest BCUT2D eigenvalue weighted by molar-refractivity contribution is 6.04. The maximum atomic E-state index is 12.9. The van der Waals surface area contributed by atoms with Crippen LogP contribution in [0.4, 0.5) is 0 Å². The monoisotopic (exact) mass is 326 g/mol. The summed E-state index contributed by atoms with van der Waals surface area (Å²) in [5, 5.41) is 16.0. The van der Waals surface area contributed by atoms with Gasteiger partial charge in [-0.2, -0.15) is 5.10 Å². The molecule has 1 aliphatic rings. The Hall–Kier alpha value is -2.74. The number of ether oxygens (including phenoxy) is 1. The summed E-state index contributed by atoms with van der Waals surface area (Å²) >= 11 is 0. The summed E-state index contributed by atoms with van der Waals surface area (Å²) < 4.78 is 7.57. The summed E-state index contributed by atoms with van der Waals surface area (Å²) in [6.45, 7) is 3.43. The number of benzene rings is 1. The van der Waals surface area contributed by atoms with E-state index in [4.69, 9.17) is 4.74 Å². The van der Waals surface area contributed by atoms with E-state index in [9.17, 15) is 4.79 Å². The van der Waals surface area contributed by atoms with Gasteiger partial charge in [0.2, 0.25) is 0 Å². The maximum Gasteiger partial charge on any atom is 0.275 e. The van der Waals surface area contributed by atoms with Gasteiger partial charge in [-0.05, 0) is 19.1 Å². The first-order chi connectivity index (χ1) is 11.6. The Morgan fingerprint density at radius 1 is 1.42 bits per heavy atom. The van der Waals surface area contributed by atoms with Crippen molar-refractivity contribution < 1.29 is 9.53 Å². The molecule has 0 aliphatic carbocycles. The van der Waals surface area contributed by atoms with Crippen molar-refractivity contribution in [2.24, 2.45) is 7.05 Å². The molecule has 0 radical (unpaired) electrons. The molecule has 0 saturated carbocycles. The predicted octanol–water partition coefficient (Wildman–Crippen LogP) is 1.21. The van der Waals surface area contributed by atoms with Gasteiger partial charge in [0.15, 0.2) is 11.5 Å². The van der Waals surface area contributed by atoms with E-state index in [0.717, 1.165) is 22.3 Å². The summed E-state index contributed by atoms with van der Waals surface area (Å²) in [7, 11) is 1.86. The second kappa shape index (κ2) is 5.72. The van der Waals surface area contributed by atoms with E-state index < -0.39 is 0 Å². The van der Waals surface area contributed by atoms with Gasteiger partial charge < -0.3 is 14.2 Å². The van der Waals surface area contributed by atoms with Crippen LogP contribution >= 0.6 is 0 Å². The zero-order valence-corrected chi connectivity index (χ0v) is 13.6. The molecular weight excluding hydrogens is 308 g/mol. The molecule has 3 aromatic rings. The third-order valence-corrected chi connectivity index (χ3v) is 4.31. The van der Waals surface area contributed by atoms with Crippen LogP contribution in [-0.2, 0) is 11.8 Å². The SMILES string of the molecule is Cc1ccc2[nH]nc(C(=O)N3CCOC(c4nncn4C)C3)c2c1. The second-order valence-electron chi connectivity index (χ2n) is 6.03. The number of hydrogen-bond donors (Lipinski definition) is 1. The fourth-order valence-corrected chi connectivity index (χ4v) is 3.01. The summed E-state index contributed by atoms with van der Waals surface area (Å²) in [5.74, 6) is 0.623. The number of aryl methyl sites for hydroxylation is 2. The third kappa shape index (κ3) is 2.44. The quantitative estimate of drug-likeness (QED) is 0.765. The van der Waals surface area contributed by atoms with Crippen LogP contribution in [-0.4, -0.2) is 55.5 Å². The van der Waals surface area contributed by atoms with Gasteiger partial charge in [0.25, 0.3) is 5.91 Å². The van der Waals surface area contributed by atoms with Crippen LogP contribution in [0.3, 0.4) is 0 Å². The number of aromatic amines is 1. The number of carbonyl (C=O) groups excluding carboxylic acids is 1. The number of fused-ring (bicyclic) bond motifs is 1. The van der Waals surface area contributed by atoms with Crippen LogP contribution in [0.2, 0.25) is 0 Å². The lowest BCUT2D eigenvalue weighted by molar-refractivity contribution is -0.0282. The Morgan fingerprint density at radius 3 is 3.08 bits per heavy atom. The van der Waals surface area contributed by atoms with E-state index in [0.29, 0.717) is 25.4 Å². The first kappa shape index (κ1) is 14.8. The summed E-state index contributed by atoms with van der Waals surface area (Å²) in [4.78, 5) is 14.7. The summed E-state index contributed by atoms with van der Waals surface area (Å²) in [5.41, 5.74) is 2.41. The fourth-order valence-electron chi connectivity index (χ4n) is 3.01. The lowest BCUT2D eigenvalue weighted by atomic mass is 10.1. The van der Waals surface area contributed by atoms with Crippen molar-refractivity contribution in [3.05, 3.63) is 41.6 Å². The van der Waals surface area contributed by atoms with Crippen molar-refractivity contribution >= 4 is 16.8 Å². The lowest BCUT2D eigenvalue weighted by Gasteiger charge is -2.31. The molecule has 1 aromatic carbocycles. The van der Waals surface area contributed by atoms with Crippen molar-refractivity contribution in [2.75, 3.05) is 19.7 Å². The van der Waals surface area contributed by atoms with Gasteiger partial charge in [0.05, 0.1) is 18.7 Å². The number of hydrogen-bond acceptors (Lipinski definition) is 5. The molecule has 0 bridgehead atoms. The largest absolute Gasteiger partial charge is 0.366 e. The average Bonchev–Trinajstić information content (AvgIpc) is 3.20. The maximum absolute atomic E-state index is 12.9. The Labute approximate surface area is 138 Å². The molecule has 1 saturated heterocycles. The average molecular weight is 326 g/mol. The number of morpholine rings is 1. The van der Waals surface area contributed by atoms with Gasteiger partial charge in [-0.3, -0.25) is 9.89 Å². The van der Waals surface area contributed by atoms with Gasteiger partial charge in [-0.1, -0.05) is 11.6 Å². The minimum absolute atomic E-state index is 0.0951. The van der Waals surface area contributed by atoms with Crippen molar-refractivity contribution in [2.45, 2.75) is 13.0 Å². The normalized spacial score (nSPS) is 18.2. The Bertz CT molecular complexity index is 899. The zero-order chi connectivity index (χ0) is 16.7. The minimum Gasteiger partial charge on any atom is -0.366 e. The molecule has 1 aliphatic heterocycles. The van der Waals surface area contributed by atoms with Gasteiger partial charge in [-0.15, -0.1) is 10.2 Å². The second-order valence-corrected chi connectivity index (χ2v) is 6.03. The van der Waals surface area contributed by atoms with Crippen LogP contribution in [0.5, 0.6) is 0 Å². The third-order valence-electron chi connectivity index (χ3n) is 4.31. The van der Waals surface area contributed by atoms with E-state index in [1.54, 1.807) is 11.2 Å². The summed E-state index contributed by atoms with van der Waals surface area (Å²) in [6, 6.07) is 5.91. The van der Waals surface area contributed by atoms with E-state index in [-0.39, 0.29) is 12.0 Å². The number of rotatable bonds is 2. The zero-order valence-electron chi connectivity index (χ0n) is 13.6. The minimum atomic E-state index is -0.276. The number of nitrogens with one attached hydrogen (secondary N) is 1. The van der Waals surface area contributed by atoms with Crippen molar-refractivity contribution in [3.63, 3.8) is 0 Å². The molecule has 124 valence electrons. The predicted molar refractivity (Wildman–Crippen MR) is 86.4 cm³/mol. The number of aromatic nitrogens is 5. The van der Waals surface area contributed by atoms with Gasteiger partial charge in [0.1, 0.15) is 12.4 Å². The van der Waals surface area contributed by atoms with Crippen molar-refractivity contribution in [3.8, 4) is 0 Å². The van der Waals surface area contributed by atoms with Gasteiger partial charge in [0, 0.05) is 19.0 Å². The highest BCUT2D eigenvalue weighted by Crippen LogP contribution is 2.23. The molecule has 1 atom stereocenters. The van der Waals surface area contributed by atoms with E-state index >= 15 is 0 Å². The van der Waals surface area contributed by atoms with Gasteiger partial charge in [-0.25, -0.2) is 0 Å². The molecule has 8 heteroatoms. The van der Waals surface area contributed by atoms with Crippen LogP contribution in [0.25, 0.3) is 10.9 Å². The lowest BCUT2D eigenvalue weighted by Crippen LogP contribution is -2.43. The number of amides is 1. The first-order valence-corrected chi connectivity index (χ1v) is 7.83. The molecule has 2 aromatic heterocycles. The topological polar surface area (TPSA) is 88.9 Å². The molecule has 1 unspecified atom stereocenters. The molecule has 1 fully saturated rings. The molecule has 24 heavy (non-hydrogen) atoms. The van der Waals surface area contributed by atoms with Gasteiger partial charge >= 0.3 is 0 Å². The molecule has 1 amide bonds. The summed E-state index contributed by atoms with van der Waals surface area (Å²) in [6.07, 6.45) is 1.35. The molecule has 8 nitrogen and oxygen atoms in total. The highest BCUT2D eigenvalue weighted by Gasteiger charge is 2.30. The van der Waals surface area contributed by atoms with E-state index in [1.807, 2.05) is 36.7 Å². The highest BCUT2D eigenvalue weighted by atomic mass is 16.5. The fraction of sp³-hybridized carbons (Fsp3) is 0.375. The Morgan fingerprint density at radius 2 is 2.29 bits per heavy atom. The van der Waals surface area contributed by atoms with Crippen LogP contribution in [0.1, 0.15) is 28.0 Å². The van der Waals surface area contributed by atoms with E-state index in [1.165, 1.54) is 0 Å². The number of nitrogens with zero attached hydrogens (tertiary/aromatic N) is 5. The Balaban J connectivity index is 1.61. The van der Waals surface area contributed by atoms with Crippen LogP contribution in [0.15, 0.2) is 24.5 Å². The smallest absolute Gasteiger partial charge is 0.275 e. The standard InChI is InChI=1S/C16H18N6O2/c1-10-3-4-12-11(7-10)14(19-18-12)16(23)22-5-6-24-13(8-22)15-20-17-9-21(15)2/h3-4,7,9,13H,5-6,8H2,1-2H3,(H,18,19). The molecule has 0 spiro atoms. The molecular formula is C16H18N6O2. The van der Waals surface area contributed by atoms with Crippen molar-refractivity contribution in [1.29, 1.82) is 0 Å². The van der Waals surface area contributed by atoms with E-state index in [2.05, 4.69) is 20.4 Å². The molecule has 4 rings (SSSR count). The van der Waals surface area contributed by atoms with Crippen LogP contribution in [0, 0.1) is 6.92 Å². The molecule has 1 N–H and O–H groups in total. The van der Waals surface area contributed by atoms with Crippen molar-refractivity contribution in [1.82, 2.24) is 29.9 Å². The Kier molecular flexibility index (Phi) is 3.53. The van der Waals surface area contributed by atoms with Crippen LogP contribution < -0.4 is 0 Å². The number of H-pyrrole nitrogens is 1. The number of carbonyl (C=O) groups is 1. The molecule has 3 heterocycles.